The van der Waals surface area contributed by atoms with E-state index >= 15 is 0 Å². The summed E-state index contributed by atoms with van der Waals surface area (Å²) in [6.07, 6.45) is 3.63. The minimum atomic E-state index is -1.30. The van der Waals surface area contributed by atoms with Gasteiger partial charge in [-0.3, -0.25) is 14.7 Å². The van der Waals surface area contributed by atoms with Crippen molar-refractivity contribution in [2.45, 2.75) is 24.9 Å². The quantitative estimate of drug-likeness (QED) is 0.592. The van der Waals surface area contributed by atoms with Crippen molar-refractivity contribution in [3.63, 3.8) is 0 Å². The molecule has 8 heteroatoms. The number of likely N-dealkylation sites (N-methyl/N-ethyl adjacent to an activating group) is 1. The highest BCUT2D eigenvalue weighted by Crippen LogP contribution is 2.18. The number of hydrogen-bond acceptors (Lipinski definition) is 4. The van der Waals surface area contributed by atoms with E-state index in [1.54, 1.807) is 18.6 Å². The third-order valence-electron chi connectivity index (χ3n) is 3.75. The van der Waals surface area contributed by atoms with E-state index in [2.05, 4.69) is 31.5 Å². The number of carboxylic acid groups (broad SMARTS) is 1. The molecule has 0 radical (unpaired) electrons. The van der Waals surface area contributed by atoms with Crippen molar-refractivity contribution in [3.05, 3.63) is 22.4 Å². The molecule has 0 aromatic carbocycles. The summed E-state index contributed by atoms with van der Waals surface area (Å²) in [5.41, 5.74) is -0.100. The van der Waals surface area contributed by atoms with Gasteiger partial charge >= 0.3 is 0 Å². The summed E-state index contributed by atoms with van der Waals surface area (Å²) in [6, 6.07) is 0.515. The van der Waals surface area contributed by atoms with E-state index < -0.39 is 23.5 Å². The average Bonchev–Trinajstić information content (AvgIpc) is 2.96. The van der Waals surface area contributed by atoms with Crippen LogP contribution in [0, 0.1) is 0 Å². The number of carbonyl (C=O) groups is 2. The molecular weight excluding hydrogens is 340 g/mol. The van der Waals surface area contributed by atoms with E-state index in [0.717, 1.165) is 4.47 Å². The summed E-state index contributed by atoms with van der Waals surface area (Å²) in [4.78, 5) is 26.1. The van der Waals surface area contributed by atoms with Gasteiger partial charge in [-0.15, -0.1) is 0 Å². The molecule has 0 aliphatic carbocycles. The van der Waals surface area contributed by atoms with Crippen LogP contribution in [0.1, 0.15) is 23.8 Å². The van der Waals surface area contributed by atoms with Gasteiger partial charge < -0.3 is 20.2 Å². The molecule has 1 aromatic rings. The molecule has 0 saturated carbocycles. The third kappa shape index (κ3) is 3.44. The highest BCUT2D eigenvalue weighted by Gasteiger charge is 2.39. The van der Waals surface area contributed by atoms with Crippen LogP contribution in [0.25, 0.3) is 0 Å². The standard InChI is InChI=1S/C13H17BrN4O3/c1-13(6-15-7-18(13)2)4-10(12(20)21)17-11(19)9-3-8(14)5-16-9/h3,5,7,10H,4,6H2,1-2H3,(H3,16,17,19,20,21)/t10-,13+/m1/s1. The number of rotatable bonds is 5. The Kier molecular flexibility index (Phi) is 4.36. The Labute approximate surface area is 130 Å². The van der Waals surface area contributed by atoms with Gasteiger partial charge in [0.05, 0.1) is 19.1 Å². The third-order valence-corrected chi connectivity index (χ3v) is 4.20. The van der Waals surface area contributed by atoms with Crippen molar-refractivity contribution in [3.8, 4) is 0 Å². The number of halogens is 1. The molecule has 0 unspecified atom stereocenters. The molecule has 21 heavy (non-hydrogen) atoms. The Hall–Kier alpha value is -1.83. The first-order chi connectivity index (χ1) is 9.82. The van der Waals surface area contributed by atoms with E-state index in [1.165, 1.54) is 0 Å². The molecule has 2 rings (SSSR count). The van der Waals surface area contributed by atoms with Crippen molar-refractivity contribution >= 4 is 34.1 Å². The Balaban J connectivity index is 2.08. The maximum atomic E-state index is 12.0. The molecule has 1 aliphatic rings. The lowest BCUT2D eigenvalue weighted by molar-refractivity contribution is -0.565. The molecule has 2 atom stereocenters. The molecule has 1 aliphatic heterocycles. The lowest BCUT2D eigenvalue weighted by Crippen LogP contribution is -2.54. The first-order valence-corrected chi connectivity index (χ1v) is 7.26. The average molecular weight is 357 g/mol. The molecule has 1 aromatic heterocycles. The van der Waals surface area contributed by atoms with Gasteiger partial charge in [0.25, 0.3) is 5.91 Å². The molecule has 7 nitrogen and oxygen atoms in total. The largest absolute Gasteiger partial charge is 0.548 e. The Bertz CT molecular complexity index is 598. The molecular formula is C13H17BrN4O3. The van der Waals surface area contributed by atoms with E-state index in [-0.39, 0.29) is 6.42 Å². The molecule has 114 valence electrons. The maximum Gasteiger partial charge on any atom is 0.268 e. The number of carbonyl (C=O) groups excluding carboxylic acids is 2. The smallest absolute Gasteiger partial charge is 0.268 e. The summed E-state index contributed by atoms with van der Waals surface area (Å²) in [5, 5.41) is 16.9. The highest BCUT2D eigenvalue weighted by atomic mass is 79.9. The first kappa shape index (κ1) is 15.6. The van der Waals surface area contributed by atoms with Gasteiger partial charge in [0.15, 0.2) is 0 Å². The fourth-order valence-corrected chi connectivity index (χ4v) is 2.61. The number of nitrogens with one attached hydrogen (secondary N) is 3. The molecule has 0 fully saturated rings. The maximum absolute atomic E-state index is 12.0. The fraction of sp³-hybridized carbons (Fsp3) is 0.462. The van der Waals surface area contributed by atoms with Crippen LogP contribution in [0.5, 0.6) is 0 Å². The second-order valence-electron chi connectivity index (χ2n) is 5.40. The zero-order valence-corrected chi connectivity index (χ0v) is 13.4. The van der Waals surface area contributed by atoms with Gasteiger partial charge in [-0.05, 0) is 28.9 Å². The number of aromatic nitrogens is 1. The number of amides is 1. The van der Waals surface area contributed by atoms with Gasteiger partial charge in [-0.2, -0.15) is 0 Å². The lowest BCUT2D eigenvalue weighted by Gasteiger charge is -2.28. The second kappa shape index (κ2) is 5.88. The van der Waals surface area contributed by atoms with E-state index in [4.69, 9.17) is 0 Å². The predicted molar refractivity (Wildman–Crippen MR) is 78.0 cm³/mol. The van der Waals surface area contributed by atoms with E-state index in [0.29, 0.717) is 12.2 Å². The normalized spacial score (nSPS) is 22.3. The Morgan fingerprint density at radius 1 is 1.62 bits per heavy atom. The Morgan fingerprint density at radius 3 is 2.81 bits per heavy atom. The molecule has 1 amide bonds. The lowest BCUT2D eigenvalue weighted by atomic mass is 9.93. The zero-order chi connectivity index (χ0) is 15.6. The summed E-state index contributed by atoms with van der Waals surface area (Å²) in [6.45, 7) is 2.54. The number of carboxylic acids is 1. The Morgan fingerprint density at radius 2 is 2.33 bits per heavy atom. The summed E-state index contributed by atoms with van der Waals surface area (Å²) >= 11 is 3.22. The van der Waals surface area contributed by atoms with Crippen LogP contribution in [0.3, 0.4) is 0 Å². The van der Waals surface area contributed by atoms with Gasteiger partial charge in [0, 0.05) is 17.1 Å². The van der Waals surface area contributed by atoms with Crippen molar-refractivity contribution in [1.82, 2.24) is 15.6 Å². The minimum absolute atomic E-state index is 0.239. The number of H-pyrrole nitrogens is 1. The van der Waals surface area contributed by atoms with E-state index in [9.17, 15) is 14.7 Å². The van der Waals surface area contributed by atoms with Crippen LogP contribution in [-0.4, -0.2) is 52.9 Å². The van der Waals surface area contributed by atoms with Crippen LogP contribution in [0.2, 0.25) is 0 Å². The predicted octanol–water partition coefficient (Wildman–Crippen LogP) is -0.952. The first-order valence-electron chi connectivity index (χ1n) is 6.47. The van der Waals surface area contributed by atoms with Crippen LogP contribution in [0.15, 0.2) is 16.7 Å². The van der Waals surface area contributed by atoms with Crippen LogP contribution in [-0.2, 0) is 4.79 Å². The van der Waals surface area contributed by atoms with Gasteiger partial charge in [0.1, 0.15) is 17.8 Å². The highest BCUT2D eigenvalue weighted by molar-refractivity contribution is 9.10. The number of nitrogens with zero attached hydrogens (tertiary/aromatic N) is 1. The van der Waals surface area contributed by atoms with E-state index in [1.807, 2.05) is 18.5 Å². The molecule has 0 saturated heterocycles. The molecule has 3 N–H and O–H groups in total. The zero-order valence-electron chi connectivity index (χ0n) is 11.8. The van der Waals surface area contributed by atoms with Crippen LogP contribution in [0.4, 0.5) is 0 Å². The number of aromatic amines is 1. The summed E-state index contributed by atoms with van der Waals surface area (Å²) < 4.78 is 2.62. The minimum Gasteiger partial charge on any atom is -0.548 e. The van der Waals surface area contributed by atoms with Crippen LogP contribution >= 0.6 is 15.9 Å². The van der Waals surface area contributed by atoms with Crippen molar-refractivity contribution in [2.24, 2.45) is 0 Å². The summed E-state index contributed by atoms with van der Waals surface area (Å²) in [5.74, 6) is -1.77. The monoisotopic (exact) mass is 356 g/mol. The number of aliphatic carboxylic acids is 1. The van der Waals surface area contributed by atoms with Gasteiger partial charge in [-0.25, -0.2) is 0 Å². The van der Waals surface area contributed by atoms with Crippen molar-refractivity contribution in [2.75, 3.05) is 13.6 Å². The number of hydrogen-bond donors (Lipinski definition) is 3. The van der Waals surface area contributed by atoms with Gasteiger partial charge in [0.2, 0.25) is 6.34 Å². The summed E-state index contributed by atoms with van der Waals surface area (Å²) in [7, 11) is 1.86. The second-order valence-corrected chi connectivity index (χ2v) is 6.31. The fourth-order valence-electron chi connectivity index (χ4n) is 2.27. The topological polar surface area (TPSA) is 100 Å². The van der Waals surface area contributed by atoms with Crippen molar-refractivity contribution in [1.29, 1.82) is 0 Å². The van der Waals surface area contributed by atoms with Gasteiger partial charge in [-0.1, -0.05) is 0 Å². The van der Waals surface area contributed by atoms with Crippen molar-refractivity contribution < 1.29 is 19.3 Å². The SMILES string of the molecule is C[N+]1=CNC[C@]1(C)C[C@@H](NC(=O)c1cc(Br)c[nH]1)C(=O)[O-]. The van der Waals surface area contributed by atoms with Crippen LogP contribution < -0.4 is 15.7 Å². The molecule has 2 heterocycles. The molecule has 0 bridgehead atoms. The molecule has 0 spiro atoms.